The first-order valence-corrected chi connectivity index (χ1v) is 9.35. The second-order valence-electron chi connectivity index (χ2n) is 7.74. The molecule has 2 aromatic carbocycles. The monoisotopic (exact) mass is 351 g/mol. The Morgan fingerprint density at radius 2 is 1.77 bits per heavy atom. The van der Waals surface area contributed by atoms with Gasteiger partial charge in [0, 0.05) is 17.9 Å². The van der Waals surface area contributed by atoms with E-state index in [2.05, 4.69) is 29.6 Å². The van der Waals surface area contributed by atoms with Gasteiger partial charge in [0.2, 0.25) is 0 Å². The maximum absolute atomic E-state index is 12.2. The second-order valence-corrected chi connectivity index (χ2v) is 7.74. The Kier molecular flexibility index (Phi) is 4.45. The van der Waals surface area contributed by atoms with Crippen molar-refractivity contribution in [3.05, 3.63) is 59.7 Å². The van der Waals surface area contributed by atoms with Crippen LogP contribution in [0.1, 0.15) is 43.2 Å². The third-order valence-electron chi connectivity index (χ3n) is 6.01. The highest BCUT2D eigenvalue weighted by Crippen LogP contribution is 2.44. The van der Waals surface area contributed by atoms with E-state index in [1.807, 2.05) is 31.2 Å². The summed E-state index contributed by atoms with van der Waals surface area (Å²) < 4.78 is 5.55. The number of alkyl carbamates (subject to hydrolysis) is 1. The van der Waals surface area contributed by atoms with E-state index in [-0.39, 0.29) is 17.4 Å². The molecule has 0 heterocycles. The molecule has 1 saturated carbocycles. The fraction of sp³-hybridized carbons (Fsp3) is 0.409. The van der Waals surface area contributed by atoms with Gasteiger partial charge in [-0.1, -0.05) is 61.9 Å². The molecule has 2 aliphatic rings. The van der Waals surface area contributed by atoms with Crippen molar-refractivity contribution in [1.82, 2.24) is 5.32 Å². The summed E-state index contributed by atoms with van der Waals surface area (Å²) in [4.78, 5) is 12.2. The van der Waals surface area contributed by atoms with Gasteiger partial charge in [-0.3, -0.25) is 0 Å². The molecular formula is C22H25NO3. The van der Waals surface area contributed by atoms with Gasteiger partial charge < -0.3 is 15.2 Å². The number of ether oxygens (including phenoxy) is 1. The van der Waals surface area contributed by atoms with E-state index in [1.54, 1.807) is 0 Å². The molecule has 4 nitrogen and oxygen atoms in total. The van der Waals surface area contributed by atoms with Crippen LogP contribution in [0.2, 0.25) is 0 Å². The van der Waals surface area contributed by atoms with Gasteiger partial charge >= 0.3 is 6.09 Å². The maximum atomic E-state index is 12.2. The van der Waals surface area contributed by atoms with Crippen molar-refractivity contribution in [3.8, 4) is 11.1 Å². The van der Waals surface area contributed by atoms with Crippen molar-refractivity contribution in [2.45, 2.75) is 38.2 Å². The number of fused-ring (bicyclic) bond motifs is 3. The van der Waals surface area contributed by atoms with Crippen LogP contribution in [-0.2, 0) is 4.74 Å². The van der Waals surface area contributed by atoms with Gasteiger partial charge in [-0.15, -0.1) is 0 Å². The number of benzene rings is 2. The molecule has 0 aliphatic heterocycles. The Balaban J connectivity index is 1.41. The van der Waals surface area contributed by atoms with Gasteiger partial charge in [0.05, 0.1) is 6.10 Å². The molecule has 4 heteroatoms. The predicted octanol–water partition coefficient (Wildman–Crippen LogP) is 4.08. The lowest BCUT2D eigenvalue weighted by atomic mass is 9.86. The average molecular weight is 351 g/mol. The van der Waals surface area contributed by atoms with Gasteiger partial charge in [-0.25, -0.2) is 4.79 Å². The molecule has 4 rings (SSSR count). The summed E-state index contributed by atoms with van der Waals surface area (Å²) in [7, 11) is 0. The van der Waals surface area contributed by atoms with Crippen molar-refractivity contribution in [1.29, 1.82) is 0 Å². The van der Waals surface area contributed by atoms with Crippen LogP contribution in [0, 0.1) is 5.41 Å². The molecule has 2 atom stereocenters. The van der Waals surface area contributed by atoms with Crippen molar-refractivity contribution < 1.29 is 14.6 Å². The summed E-state index contributed by atoms with van der Waals surface area (Å²) in [5, 5.41) is 12.9. The van der Waals surface area contributed by atoms with Gasteiger partial charge in [-0.2, -0.15) is 0 Å². The molecule has 0 aromatic heterocycles. The van der Waals surface area contributed by atoms with Crippen LogP contribution in [-0.4, -0.2) is 30.5 Å². The number of hydrogen-bond acceptors (Lipinski definition) is 3. The van der Waals surface area contributed by atoms with E-state index >= 15 is 0 Å². The summed E-state index contributed by atoms with van der Waals surface area (Å²) in [5.41, 5.74) is 4.61. The zero-order valence-corrected chi connectivity index (χ0v) is 15.1. The molecule has 2 N–H and O–H groups in total. The normalized spacial score (nSPS) is 24.2. The lowest BCUT2D eigenvalue weighted by Crippen LogP contribution is -2.40. The highest BCUT2D eigenvalue weighted by atomic mass is 16.5. The lowest BCUT2D eigenvalue weighted by Gasteiger charge is -2.28. The molecule has 2 unspecified atom stereocenters. The number of hydrogen-bond donors (Lipinski definition) is 2. The number of amides is 1. The second kappa shape index (κ2) is 6.76. The maximum Gasteiger partial charge on any atom is 0.407 e. The summed E-state index contributed by atoms with van der Waals surface area (Å²) in [6, 6.07) is 16.6. The van der Waals surface area contributed by atoms with Crippen LogP contribution in [0.5, 0.6) is 0 Å². The van der Waals surface area contributed by atoms with Crippen LogP contribution in [0.15, 0.2) is 48.5 Å². The van der Waals surface area contributed by atoms with Crippen LogP contribution < -0.4 is 5.32 Å². The number of aliphatic hydroxyl groups is 1. The fourth-order valence-corrected chi connectivity index (χ4v) is 4.34. The van der Waals surface area contributed by atoms with Crippen molar-refractivity contribution >= 4 is 6.09 Å². The molecule has 0 saturated heterocycles. The van der Waals surface area contributed by atoms with Crippen LogP contribution in [0.4, 0.5) is 4.79 Å². The van der Waals surface area contributed by atoms with Crippen LogP contribution in [0.3, 0.4) is 0 Å². The van der Waals surface area contributed by atoms with E-state index in [0.717, 1.165) is 19.3 Å². The van der Waals surface area contributed by atoms with Gasteiger partial charge in [0.15, 0.2) is 0 Å². The Morgan fingerprint density at radius 3 is 2.35 bits per heavy atom. The third kappa shape index (κ3) is 2.99. The van der Waals surface area contributed by atoms with E-state index in [1.165, 1.54) is 22.3 Å². The first-order valence-electron chi connectivity index (χ1n) is 9.35. The summed E-state index contributed by atoms with van der Waals surface area (Å²) in [5.74, 6) is 0.0702. The number of rotatable bonds is 4. The summed E-state index contributed by atoms with van der Waals surface area (Å²) in [6.45, 7) is 2.79. The molecule has 1 amide bonds. The smallest absolute Gasteiger partial charge is 0.407 e. The average Bonchev–Trinajstić information content (AvgIpc) is 3.16. The minimum absolute atomic E-state index is 0.0702. The SMILES string of the molecule is CC1(CNC(=O)OCC2c3ccccc3-c3ccccc32)CCCC1O. The molecule has 0 bridgehead atoms. The van der Waals surface area contributed by atoms with Crippen LogP contribution in [0.25, 0.3) is 11.1 Å². The predicted molar refractivity (Wildman–Crippen MR) is 101 cm³/mol. The number of carbonyl (C=O) groups is 1. The van der Waals surface area contributed by atoms with Crippen molar-refractivity contribution in [3.63, 3.8) is 0 Å². The standard InChI is InChI=1S/C22H25NO3/c1-22(12-6-11-20(22)24)14-23-21(25)26-13-19-17-9-4-2-7-15(17)16-8-3-5-10-18(16)19/h2-5,7-10,19-20,24H,6,11-14H2,1H3,(H,23,25). The topological polar surface area (TPSA) is 58.6 Å². The number of nitrogens with one attached hydrogen (secondary N) is 1. The molecule has 136 valence electrons. The van der Waals surface area contributed by atoms with Gasteiger partial charge in [-0.05, 0) is 35.1 Å². The molecule has 0 spiro atoms. The fourth-order valence-electron chi connectivity index (χ4n) is 4.34. The first-order chi connectivity index (χ1) is 12.6. The summed E-state index contributed by atoms with van der Waals surface area (Å²) in [6.07, 6.45) is 1.98. The van der Waals surface area contributed by atoms with E-state index < -0.39 is 6.09 Å². The van der Waals surface area contributed by atoms with E-state index in [9.17, 15) is 9.90 Å². The highest BCUT2D eigenvalue weighted by Gasteiger charge is 2.38. The van der Waals surface area contributed by atoms with Crippen LogP contribution >= 0.6 is 0 Å². The first kappa shape index (κ1) is 17.1. The molecule has 0 radical (unpaired) electrons. The zero-order chi connectivity index (χ0) is 18.1. The molecular weight excluding hydrogens is 326 g/mol. The molecule has 2 aliphatic carbocycles. The minimum atomic E-state index is -0.410. The third-order valence-corrected chi connectivity index (χ3v) is 6.01. The van der Waals surface area contributed by atoms with Gasteiger partial charge in [0.1, 0.15) is 6.61 Å². The lowest BCUT2D eigenvalue weighted by molar-refractivity contribution is 0.0632. The van der Waals surface area contributed by atoms with E-state index in [0.29, 0.717) is 13.2 Å². The molecule has 26 heavy (non-hydrogen) atoms. The van der Waals surface area contributed by atoms with Gasteiger partial charge in [0.25, 0.3) is 0 Å². The van der Waals surface area contributed by atoms with Crippen molar-refractivity contribution in [2.24, 2.45) is 5.41 Å². The molecule has 2 aromatic rings. The minimum Gasteiger partial charge on any atom is -0.449 e. The zero-order valence-electron chi connectivity index (χ0n) is 15.1. The Hall–Kier alpha value is -2.33. The van der Waals surface area contributed by atoms with Crippen molar-refractivity contribution in [2.75, 3.05) is 13.2 Å². The Bertz CT molecular complexity index is 773. The summed E-state index contributed by atoms with van der Waals surface area (Å²) >= 11 is 0. The number of carbonyl (C=O) groups excluding carboxylic acids is 1. The Labute approximate surface area is 154 Å². The quantitative estimate of drug-likeness (QED) is 0.873. The van der Waals surface area contributed by atoms with E-state index in [4.69, 9.17) is 4.74 Å². The Morgan fingerprint density at radius 1 is 1.15 bits per heavy atom. The largest absolute Gasteiger partial charge is 0.449 e. The highest BCUT2D eigenvalue weighted by molar-refractivity contribution is 5.79. The number of aliphatic hydroxyl groups excluding tert-OH is 1. The molecule has 1 fully saturated rings.